The number of aliphatic hydroxyl groups is 1. The Bertz CT molecular complexity index is 855. The van der Waals surface area contributed by atoms with Crippen molar-refractivity contribution in [3.8, 4) is 0 Å². The number of nitrogens with one attached hydrogen (secondary N) is 1. The van der Waals surface area contributed by atoms with Gasteiger partial charge in [0.25, 0.3) is 0 Å². The normalized spacial score (nSPS) is 12.3. The van der Waals surface area contributed by atoms with Crippen molar-refractivity contribution in [2.45, 2.75) is 19.6 Å². The average Bonchev–Trinajstić information content (AvgIpc) is 2.90. The van der Waals surface area contributed by atoms with Crippen molar-refractivity contribution < 1.29 is 9.90 Å². The minimum atomic E-state index is -0.641. The molecule has 23 heavy (non-hydrogen) atoms. The second-order valence-electron chi connectivity index (χ2n) is 5.46. The molecule has 0 aliphatic rings. The van der Waals surface area contributed by atoms with Crippen LogP contribution in [0, 0.1) is 0 Å². The molecule has 0 aliphatic carbocycles. The van der Waals surface area contributed by atoms with Gasteiger partial charge in [-0.05, 0) is 36.6 Å². The molecule has 3 rings (SSSR count). The summed E-state index contributed by atoms with van der Waals surface area (Å²) in [5.41, 5.74) is 2.24. The lowest BCUT2D eigenvalue weighted by Crippen LogP contribution is -2.19. The molecule has 1 unspecified atom stereocenters. The highest BCUT2D eigenvalue weighted by Crippen LogP contribution is 2.23. The van der Waals surface area contributed by atoms with Crippen LogP contribution in [0.1, 0.15) is 18.6 Å². The van der Waals surface area contributed by atoms with Crippen LogP contribution in [0.3, 0.4) is 0 Å². The minimum Gasteiger partial charge on any atom is -0.389 e. The van der Waals surface area contributed by atoms with Crippen LogP contribution in [-0.2, 0) is 11.3 Å². The molecule has 2 N–H and O–H groups in total. The molecule has 3 aromatic rings. The van der Waals surface area contributed by atoms with E-state index in [1.165, 1.54) is 0 Å². The van der Waals surface area contributed by atoms with Gasteiger partial charge in [-0.2, -0.15) is 0 Å². The second kappa shape index (κ2) is 6.44. The van der Waals surface area contributed by atoms with Gasteiger partial charge in [0.2, 0.25) is 5.91 Å². The topological polar surface area (TPSA) is 54.3 Å². The summed E-state index contributed by atoms with van der Waals surface area (Å²) < 4.78 is 1.85. The van der Waals surface area contributed by atoms with E-state index in [0.717, 1.165) is 10.9 Å². The Balaban J connectivity index is 1.81. The minimum absolute atomic E-state index is 0.157. The fourth-order valence-electron chi connectivity index (χ4n) is 2.61. The Kier molecular flexibility index (Phi) is 4.37. The number of rotatable bonds is 4. The van der Waals surface area contributed by atoms with Crippen LogP contribution in [0.5, 0.6) is 0 Å². The Morgan fingerprint density at radius 1 is 1.26 bits per heavy atom. The van der Waals surface area contributed by atoms with Crippen LogP contribution in [-0.4, -0.2) is 15.6 Å². The van der Waals surface area contributed by atoms with Gasteiger partial charge in [0.05, 0.1) is 6.10 Å². The predicted molar refractivity (Wildman–Crippen MR) is 92.7 cm³/mol. The Labute approximate surface area is 139 Å². The van der Waals surface area contributed by atoms with E-state index in [1.54, 1.807) is 19.1 Å². The van der Waals surface area contributed by atoms with Crippen molar-refractivity contribution in [3.63, 3.8) is 0 Å². The van der Waals surface area contributed by atoms with Gasteiger partial charge in [-0.15, -0.1) is 0 Å². The van der Waals surface area contributed by atoms with Gasteiger partial charge in [0.1, 0.15) is 6.54 Å². The summed E-state index contributed by atoms with van der Waals surface area (Å²) in [6.07, 6.45) is 1.22. The van der Waals surface area contributed by atoms with Crippen molar-refractivity contribution in [3.05, 3.63) is 65.3 Å². The fourth-order valence-corrected chi connectivity index (χ4v) is 2.78. The van der Waals surface area contributed by atoms with Crippen molar-refractivity contribution in [2.75, 3.05) is 5.32 Å². The number of fused-ring (bicyclic) bond motifs is 1. The highest BCUT2D eigenvalue weighted by atomic mass is 35.5. The maximum absolute atomic E-state index is 12.3. The molecule has 118 valence electrons. The maximum atomic E-state index is 12.3. The van der Waals surface area contributed by atoms with Crippen LogP contribution < -0.4 is 5.32 Å². The van der Waals surface area contributed by atoms with Crippen LogP contribution >= 0.6 is 11.6 Å². The molecule has 1 aromatic heterocycles. The lowest BCUT2D eigenvalue weighted by atomic mass is 10.1. The van der Waals surface area contributed by atoms with Gasteiger partial charge in [0.15, 0.2) is 0 Å². The quantitative estimate of drug-likeness (QED) is 0.761. The summed E-state index contributed by atoms with van der Waals surface area (Å²) in [4.78, 5) is 12.3. The van der Waals surface area contributed by atoms with E-state index < -0.39 is 6.10 Å². The number of benzene rings is 2. The molecule has 0 saturated heterocycles. The molecule has 0 radical (unpaired) electrons. The number of aliphatic hydroxyl groups excluding tert-OH is 1. The van der Waals surface area contributed by atoms with Crippen molar-refractivity contribution in [1.29, 1.82) is 0 Å². The summed E-state index contributed by atoms with van der Waals surface area (Å²) in [5, 5.41) is 14.3. The molecule has 1 heterocycles. The van der Waals surface area contributed by atoms with Gasteiger partial charge in [-0.1, -0.05) is 35.9 Å². The third-order valence-electron chi connectivity index (χ3n) is 3.73. The first-order chi connectivity index (χ1) is 11.0. The van der Waals surface area contributed by atoms with E-state index in [4.69, 9.17) is 11.6 Å². The Morgan fingerprint density at radius 3 is 2.83 bits per heavy atom. The largest absolute Gasteiger partial charge is 0.389 e. The number of amides is 1. The summed E-state index contributed by atoms with van der Waals surface area (Å²) in [5.74, 6) is -0.157. The molecule has 0 spiro atoms. The standard InChI is InChI=1S/C18H17ClN2O2/c1-12(22)15-4-2-3-5-16(15)20-18(23)11-21-9-8-13-6-7-14(19)10-17(13)21/h2-10,12,22H,11H2,1H3,(H,20,23). The molecule has 4 nitrogen and oxygen atoms in total. The van der Waals surface area contributed by atoms with E-state index in [-0.39, 0.29) is 12.5 Å². The first-order valence-electron chi connectivity index (χ1n) is 7.36. The van der Waals surface area contributed by atoms with Gasteiger partial charge in [-0.3, -0.25) is 4.79 Å². The zero-order chi connectivity index (χ0) is 16.4. The van der Waals surface area contributed by atoms with Crippen LogP contribution in [0.15, 0.2) is 54.7 Å². The van der Waals surface area contributed by atoms with E-state index >= 15 is 0 Å². The number of hydrogen-bond acceptors (Lipinski definition) is 2. The summed E-state index contributed by atoms with van der Waals surface area (Å²) in [6, 6.07) is 14.8. The van der Waals surface area contributed by atoms with Crippen molar-refractivity contribution in [2.24, 2.45) is 0 Å². The molecule has 2 aromatic carbocycles. The van der Waals surface area contributed by atoms with E-state index in [0.29, 0.717) is 16.3 Å². The monoisotopic (exact) mass is 328 g/mol. The lowest BCUT2D eigenvalue weighted by molar-refractivity contribution is -0.116. The van der Waals surface area contributed by atoms with E-state index in [1.807, 2.05) is 47.2 Å². The third-order valence-corrected chi connectivity index (χ3v) is 3.97. The smallest absolute Gasteiger partial charge is 0.244 e. The van der Waals surface area contributed by atoms with E-state index in [9.17, 15) is 9.90 Å². The highest BCUT2D eigenvalue weighted by molar-refractivity contribution is 6.31. The van der Waals surface area contributed by atoms with Gasteiger partial charge >= 0.3 is 0 Å². The third kappa shape index (κ3) is 3.38. The number of aromatic nitrogens is 1. The first kappa shape index (κ1) is 15.6. The van der Waals surface area contributed by atoms with Gasteiger partial charge < -0.3 is 15.0 Å². The SMILES string of the molecule is CC(O)c1ccccc1NC(=O)Cn1ccc2ccc(Cl)cc21. The number of halogens is 1. The fraction of sp³-hybridized carbons (Fsp3) is 0.167. The first-order valence-corrected chi connectivity index (χ1v) is 7.73. The highest BCUT2D eigenvalue weighted by Gasteiger charge is 2.11. The van der Waals surface area contributed by atoms with Crippen molar-refractivity contribution >= 4 is 34.1 Å². The number of carbonyl (C=O) groups is 1. The van der Waals surface area contributed by atoms with E-state index in [2.05, 4.69) is 5.32 Å². The number of hydrogen-bond donors (Lipinski definition) is 2. The number of para-hydroxylation sites is 1. The number of nitrogens with zero attached hydrogens (tertiary/aromatic N) is 1. The van der Waals surface area contributed by atoms with Gasteiger partial charge in [-0.25, -0.2) is 0 Å². The maximum Gasteiger partial charge on any atom is 0.244 e. The lowest BCUT2D eigenvalue weighted by Gasteiger charge is -2.13. The van der Waals surface area contributed by atoms with Crippen LogP contribution in [0.4, 0.5) is 5.69 Å². The Morgan fingerprint density at radius 2 is 2.04 bits per heavy atom. The van der Waals surface area contributed by atoms with Gasteiger partial charge in [0, 0.05) is 28.0 Å². The molecule has 0 fully saturated rings. The number of carbonyl (C=O) groups excluding carboxylic acids is 1. The molecule has 0 bridgehead atoms. The molecular formula is C18H17ClN2O2. The molecule has 5 heteroatoms. The molecule has 0 aliphatic heterocycles. The zero-order valence-electron chi connectivity index (χ0n) is 12.7. The molecule has 0 saturated carbocycles. The average molecular weight is 329 g/mol. The Hall–Kier alpha value is -2.30. The summed E-state index contributed by atoms with van der Waals surface area (Å²) in [6.45, 7) is 1.85. The molecule has 1 amide bonds. The zero-order valence-corrected chi connectivity index (χ0v) is 13.4. The van der Waals surface area contributed by atoms with Crippen molar-refractivity contribution in [1.82, 2.24) is 4.57 Å². The predicted octanol–water partition coefficient (Wildman–Crippen LogP) is 3.99. The summed E-state index contributed by atoms with van der Waals surface area (Å²) >= 11 is 6.03. The summed E-state index contributed by atoms with van der Waals surface area (Å²) in [7, 11) is 0. The number of anilines is 1. The van der Waals surface area contributed by atoms with Crippen LogP contribution in [0.25, 0.3) is 10.9 Å². The molecular weight excluding hydrogens is 312 g/mol. The molecule has 1 atom stereocenters. The second-order valence-corrected chi connectivity index (χ2v) is 5.89. The van der Waals surface area contributed by atoms with Crippen LogP contribution in [0.2, 0.25) is 5.02 Å².